The monoisotopic (exact) mass is 254 g/mol. The average Bonchev–Trinajstić information content (AvgIpc) is 2.84. The predicted octanol–water partition coefficient (Wildman–Crippen LogP) is 0.972. The van der Waals surface area contributed by atoms with Gasteiger partial charge in [0.1, 0.15) is 0 Å². The largest absolute Gasteiger partial charge is 0.330 e. The molecule has 0 spiro atoms. The Morgan fingerprint density at radius 3 is 2.24 bits per heavy atom. The van der Waals surface area contributed by atoms with E-state index < -0.39 is 10.0 Å². The van der Waals surface area contributed by atoms with Crippen LogP contribution in [0.2, 0.25) is 0 Å². The maximum atomic E-state index is 12.2. The Bertz CT molecular complexity index is 462. The summed E-state index contributed by atoms with van der Waals surface area (Å²) in [5.74, 6) is 0. The van der Waals surface area contributed by atoms with Crippen molar-refractivity contribution in [1.29, 1.82) is 0 Å². The van der Waals surface area contributed by atoms with E-state index in [9.17, 15) is 8.42 Å². The third-order valence-electron chi connectivity index (χ3n) is 3.06. The first-order chi connectivity index (χ1) is 8.14. The first kappa shape index (κ1) is 12.5. The highest BCUT2D eigenvalue weighted by Gasteiger charge is 2.26. The van der Waals surface area contributed by atoms with Crippen molar-refractivity contribution >= 4 is 10.0 Å². The second kappa shape index (κ2) is 5.16. The number of rotatable bonds is 4. The van der Waals surface area contributed by atoms with E-state index in [1.54, 1.807) is 16.4 Å². The van der Waals surface area contributed by atoms with Crippen molar-refractivity contribution in [2.45, 2.75) is 24.2 Å². The fourth-order valence-electron chi connectivity index (χ4n) is 2.07. The molecule has 0 atom stereocenters. The van der Waals surface area contributed by atoms with Crippen LogP contribution in [0.4, 0.5) is 0 Å². The number of hydrogen-bond acceptors (Lipinski definition) is 3. The topological polar surface area (TPSA) is 63.4 Å². The molecule has 94 valence electrons. The van der Waals surface area contributed by atoms with E-state index in [-0.39, 0.29) is 0 Å². The van der Waals surface area contributed by atoms with Gasteiger partial charge in [0.15, 0.2) is 0 Å². The van der Waals surface area contributed by atoms with Crippen LogP contribution < -0.4 is 5.73 Å². The molecule has 1 heterocycles. The van der Waals surface area contributed by atoms with Gasteiger partial charge in [-0.25, -0.2) is 8.42 Å². The summed E-state index contributed by atoms with van der Waals surface area (Å²) in [4.78, 5) is 0.389. The fourth-order valence-corrected chi connectivity index (χ4v) is 3.59. The summed E-state index contributed by atoms with van der Waals surface area (Å²) in [6.07, 6.45) is 2.71. The molecule has 0 radical (unpaired) electrons. The molecule has 1 aliphatic heterocycles. The lowest BCUT2D eigenvalue weighted by atomic mass is 10.2. The van der Waals surface area contributed by atoms with Gasteiger partial charge in [0.05, 0.1) is 4.90 Å². The molecular formula is C12H18N2O2S. The van der Waals surface area contributed by atoms with Gasteiger partial charge in [-0.1, -0.05) is 12.1 Å². The summed E-state index contributed by atoms with van der Waals surface area (Å²) in [5, 5.41) is 0. The van der Waals surface area contributed by atoms with Crippen LogP contribution in [-0.4, -0.2) is 32.4 Å². The van der Waals surface area contributed by atoms with E-state index >= 15 is 0 Å². The third kappa shape index (κ3) is 2.68. The van der Waals surface area contributed by atoms with Crippen LogP contribution in [0.15, 0.2) is 29.2 Å². The molecule has 0 unspecified atom stereocenters. The van der Waals surface area contributed by atoms with Crippen molar-refractivity contribution in [2.75, 3.05) is 19.6 Å². The summed E-state index contributed by atoms with van der Waals surface area (Å²) >= 11 is 0. The molecule has 1 saturated heterocycles. The highest BCUT2D eigenvalue weighted by atomic mass is 32.2. The standard InChI is InChI=1S/C12H18N2O2S/c13-8-7-11-3-5-12(6-4-11)17(15,16)14-9-1-2-10-14/h3-6H,1-2,7-10,13H2. The maximum absolute atomic E-state index is 12.2. The summed E-state index contributed by atoms with van der Waals surface area (Å²) in [5.41, 5.74) is 6.53. The van der Waals surface area contributed by atoms with Gasteiger partial charge in [-0.05, 0) is 43.5 Å². The first-order valence-electron chi connectivity index (χ1n) is 5.94. The number of sulfonamides is 1. The minimum Gasteiger partial charge on any atom is -0.330 e. The highest BCUT2D eigenvalue weighted by Crippen LogP contribution is 2.20. The zero-order valence-electron chi connectivity index (χ0n) is 9.80. The van der Waals surface area contributed by atoms with E-state index in [2.05, 4.69) is 0 Å². The molecule has 2 rings (SSSR count). The molecule has 17 heavy (non-hydrogen) atoms. The lowest BCUT2D eigenvalue weighted by Crippen LogP contribution is -2.27. The lowest BCUT2D eigenvalue weighted by molar-refractivity contribution is 0.477. The van der Waals surface area contributed by atoms with Crippen molar-refractivity contribution < 1.29 is 8.42 Å². The maximum Gasteiger partial charge on any atom is 0.243 e. The number of nitrogens with zero attached hydrogens (tertiary/aromatic N) is 1. The molecule has 2 N–H and O–H groups in total. The van der Waals surface area contributed by atoms with Gasteiger partial charge in [-0.15, -0.1) is 0 Å². The minimum atomic E-state index is -3.27. The van der Waals surface area contributed by atoms with Crippen molar-refractivity contribution in [1.82, 2.24) is 4.31 Å². The molecule has 0 bridgehead atoms. The van der Waals surface area contributed by atoms with Crippen LogP contribution in [0.25, 0.3) is 0 Å². The minimum absolute atomic E-state index is 0.389. The van der Waals surface area contributed by atoms with Gasteiger partial charge < -0.3 is 5.73 Å². The van der Waals surface area contributed by atoms with Gasteiger partial charge in [0, 0.05) is 13.1 Å². The SMILES string of the molecule is NCCc1ccc(S(=O)(=O)N2CCCC2)cc1. The van der Waals surface area contributed by atoms with Gasteiger partial charge in [-0.2, -0.15) is 4.31 Å². The Morgan fingerprint density at radius 1 is 1.12 bits per heavy atom. The summed E-state index contributed by atoms with van der Waals surface area (Å²) in [6.45, 7) is 1.87. The second-order valence-electron chi connectivity index (χ2n) is 4.29. The summed E-state index contributed by atoms with van der Waals surface area (Å²) < 4.78 is 26.0. The predicted molar refractivity (Wildman–Crippen MR) is 67.2 cm³/mol. The molecule has 0 aromatic heterocycles. The van der Waals surface area contributed by atoms with Gasteiger partial charge >= 0.3 is 0 Å². The zero-order valence-corrected chi connectivity index (χ0v) is 10.6. The van der Waals surface area contributed by atoms with Crippen LogP contribution in [0.3, 0.4) is 0 Å². The number of benzene rings is 1. The van der Waals surface area contributed by atoms with Crippen molar-refractivity contribution in [3.63, 3.8) is 0 Å². The van der Waals surface area contributed by atoms with Crippen LogP contribution >= 0.6 is 0 Å². The molecule has 5 heteroatoms. The average molecular weight is 254 g/mol. The molecule has 1 fully saturated rings. The van der Waals surface area contributed by atoms with Gasteiger partial charge in [0.25, 0.3) is 0 Å². The van der Waals surface area contributed by atoms with Gasteiger partial charge in [-0.3, -0.25) is 0 Å². The van der Waals surface area contributed by atoms with Crippen LogP contribution in [-0.2, 0) is 16.4 Å². The molecule has 0 amide bonds. The Balaban J connectivity index is 2.21. The van der Waals surface area contributed by atoms with E-state index in [1.807, 2.05) is 12.1 Å². The Labute approximate surface area is 102 Å². The molecule has 0 saturated carbocycles. The summed E-state index contributed by atoms with van der Waals surface area (Å²) in [6, 6.07) is 7.04. The van der Waals surface area contributed by atoms with E-state index in [0.717, 1.165) is 24.8 Å². The van der Waals surface area contributed by atoms with Gasteiger partial charge in [0.2, 0.25) is 10.0 Å². The van der Waals surface area contributed by atoms with Crippen LogP contribution in [0.1, 0.15) is 18.4 Å². The summed E-state index contributed by atoms with van der Waals surface area (Å²) in [7, 11) is -3.27. The first-order valence-corrected chi connectivity index (χ1v) is 7.38. The quantitative estimate of drug-likeness (QED) is 0.871. The second-order valence-corrected chi connectivity index (χ2v) is 6.23. The zero-order chi connectivity index (χ0) is 12.3. The van der Waals surface area contributed by atoms with E-state index in [0.29, 0.717) is 24.5 Å². The van der Waals surface area contributed by atoms with Crippen molar-refractivity contribution in [2.24, 2.45) is 5.73 Å². The third-order valence-corrected chi connectivity index (χ3v) is 4.97. The normalized spacial score (nSPS) is 17.5. The lowest BCUT2D eigenvalue weighted by Gasteiger charge is -2.15. The number of nitrogens with two attached hydrogens (primary N) is 1. The van der Waals surface area contributed by atoms with Crippen molar-refractivity contribution in [3.05, 3.63) is 29.8 Å². The Hall–Kier alpha value is -0.910. The van der Waals surface area contributed by atoms with Crippen molar-refractivity contribution in [3.8, 4) is 0 Å². The van der Waals surface area contributed by atoms with E-state index in [1.165, 1.54) is 0 Å². The molecule has 1 aromatic carbocycles. The Morgan fingerprint density at radius 2 is 1.71 bits per heavy atom. The fraction of sp³-hybridized carbons (Fsp3) is 0.500. The highest BCUT2D eigenvalue weighted by molar-refractivity contribution is 7.89. The molecule has 0 aliphatic carbocycles. The van der Waals surface area contributed by atoms with Crippen LogP contribution in [0.5, 0.6) is 0 Å². The molecule has 4 nitrogen and oxygen atoms in total. The Kier molecular flexibility index (Phi) is 3.81. The van der Waals surface area contributed by atoms with Crippen LogP contribution in [0, 0.1) is 0 Å². The smallest absolute Gasteiger partial charge is 0.243 e. The molecule has 1 aliphatic rings. The molecular weight excluding hydrogens is 236 g/mol. The molecule has 1 aromatic rings. The van der Waals surface area contributed by atoms with E-state index in [4.69, 9.17) is 5.73 Å². The number of hydrogen-bond donors (Lipinski definition) is 1.